The first-order valence-electron chi connectivity index (χ1n) is 7.38. The monoisotopic (exact) mass is 283 g/mol. The zero-order valence-electron chi connectivity index (χ0n) is 12.6. The van der Waals surface area contributed by atoms with Crippen LogP contribution in [0.25, 0.3) is 0 Å². The molecule has 20 heavy (non-hydrogen) atoms. The Morgan fingerprint density at radius 1 is 1.45 bits per heavy atom. The van der Waals surface area contributed by atoms with E-state index in [2.05, 4.69) is 5.32 Å². The molecule has 2 saturated heterocycles. The molecular formula is C14H25N3O3. The number of ether oxygens (including phenoxy) is 1. The normalized spacial score (nSPS) is 23.6. The lowest BCUT2D eigenvalue weighted by molar-refractivity contribution is -0.137. The van der Waals surface area contributed by atoms with Crippen LogP contribution in [0.15, 0.2) is 0 Å². The molecule has 0 spiro atoms. The van der Waals surface area contributed by atoms with E-state index in [1.54, 1.807) is 5.01 Å². The van der Waals surface area contributed by atoms with Crippen LogP contribution in [0, 0.1) is 5.92 Å². The molecule has 1 N–H and O–H groups in total. The lowest BCUT2D eigenvalue weighted by atomic mass is 10.1. The minimum atomic E-state index is -0.538. The Morgan fingerprint density at radius 3 is 2.80 bits per heavy atom. The molecule has 2 aliphatic heterocycles. The minimum absolute atomic E-state index is 0.0156. The van der Waals surface area contributed by atoms with Crippen LogP contribution < -0.4 is 5.32 Å². The van der Waals surface area contributed by atoms with Crippen molar-refractivity contribution in [3.05, 3.63) is 0 Å². The van der Waals surface area contributed by atoms with Crippen molar-refractivity contribution in [1.29, 1.82) is 0 Å². The average Bonchev–Trinajstić information content (AvgIpc) is 2.93. The standard InChI is InChI=1S/C14H25N3O3/c1-14(2,3)20-13(19)17-9-6-12(18)16(17)8-5-11-4-7-15-10-11/h11,15H,4-10H2,1-3H3. The Kier molecular flexibility index (Phi) is 4.52. The SMILES string of the molecule is CC(C)(C)OC(=O)N1CCC(=O)N1CCC1CCNC1. The van der Waals surface area contributed by atoms with E-state index in [9.17, 15) is 9.59 Å². The summed E-state index contributed by atoms with van der Waals surface area (Å²) in [6.07, 6.45) is 2.04. The molecule has 0 radical (unpaired) electrons. The maximum Gasteiger partial charge on any atom is 0.429 e. The van der Waals surface area contributed by atoms with Gasteiger partial charge in [0.2, 0.25) is 5.91 Å². The zero-order valence-corrected chi connectivity index (χ0v) is 12.6. The number of carbonyl (C=O) groups excluding carboxylic acids is 2. The predicted molar refractivity (Wildman–Crippen MR) is 74.9 cm³/mol. The Labute approximate surface area is 120 Å². The fraction of sp³-hybridized carbons (Fsp3) is 0.857. The minimum Gasteiger partial charge on any atom is -0.442 e. The molecule has 0 aromatic rings. The lowest BCUT2D eigenvalue weighted by Gasteiger charge is -2.30. The van der Waals surface area contributed by atoms with Crippen molar-refractivity contribution in [3.8, 4) is 0 Å². The molecule has 2 amide bonds. The van der Waals surface area contributed by atoms with E-state index in [0.717, 1.165) is 25.9 Å². The number of rotatable bonds is 3. The maximum absolute atomic E-state index is 12.1. The fourth-order valence-electron chi connectivity index (χ4n) is 2.60. The highest BCUT2D eigenvalue weighted by Crippen LogP contribution is 2.20. The fourth-order valence-corrected chi connectivity index (χ4v) is 2.60. The van der Waals surface area contributed by atoms with Crippen molar-refractivity contribution in [2.45, 2.75) is 45.6 Å². The van der Waals surface area contributed by atoms with Crippen LogP contribution in [0.4, 0.5) is 4.79 Å². The third kappa shape index (κ3) is 3.85. The van der Waals surface area contributed by atoms with Crippen molar-refractivity contribution in [2.75, 3.05) is 26.2 Å². The summed E-state index contributed by atoms with van der Waals surface area (Å²) in [7, 11) is 0. The van der Waals surface area contributed by atoms with Crippen LogP contribution in [0.3, 0.4) is 0 Å². The van der Waals surface area contributed by atoms with Gasteiger partial charge in [-0.1, -0.05) is 0 Å². The van der Waals surface area contributed by atoms with E-state index in [-0.39, 0.29) is 5.91 Å². The average molecular weight is 283 g/mol. The van der Waals surface area contributed by atoms with E-state index in [1.807, 2.05) is 20.8 Å². The molecule has 1 unspecified atom stereocenters. The van der Waals surface area contributed by atoms with Gasteiger partial charge in [0.1, 0.15) is 5.60 Å². The molecule has 2 fully saturated rings. The molecule has 0 saturated carbocycles. The van der Waals surface area contributed by atoms with Crippen LogP contribution in [0.5, 0.6) is 0 Å². The molecule has 2 rings (SSSR count). The molecule has 6 heteroatoms. The smallest absolute Gasteiger partial charge is 0.429 e. The summed E-state index contributed by atoms with van der Waals surface area (Å²) in [6, 6.07) is 0. The number of carbonyl (C=O) groups is 2. The number of hydrazine groups is 1. The third-order valence-electron chi connectivity index (χ3n) is 3.63. The predicted octanol–water partition coefficient (Wildman–Crippen LogP) is 1.37. The molecule has 0 aromatic heterocycles. The Morgan fingerprint density at radius 2 is 2.20 bits per heavy atom. The Balaban J connectivity index is 1.90. The summed E-state index contributed by atoms with van der Waals surface area (Å²) >= 11 is 0. The van der Waals surface area contributed by atoms with Gasteiger partial charge in [-0.2, -0.15) is 0 Å². The summed E-state index contributed by atoms with van der Waals surface area (Å²) in [5, 5.41) is 6.33. The number of nitrogens with zero attached hydrogens (tertiary/aromatic N) is 2. The van der Waals surface area contributed by atoms with Crippen LogP contribution in [0.1, 0.15) is 40.0 Å². The number of hydrogen-bond acceptors (Lipinski definition) is 4. The van der Waals surface area contributed by atoms with Gasteiger partial charge in [0.05, 0.1) is 6.54 Å². The van der Waals surface area contributed by atoms with Gasteiger partial charge in [-0.15, -0.1) is 0 Å². The first-order chi connectivity index (χ1) is 9.37. The molecule has 6 nitrogen and oxygen atoms in total. The topological polar surface area (TPSA) is 61.9 Å². The highest BCUT2D eigenvalue weighted by atomic mass is 16.6. The van der Waals surface area contributed by atoms with E-state index in [0.29, 0.717) is 25.4 Å². The van der Waals surface area contributed by atoms with Gasteiger partial charge in [0.15, 0.2) is 0 Å². The van der Waals surface area contributed by atoms with Crippen molar-refractivity contribution in [2.24, 2.45) is 5.92 Å². The summed E-state index contributed by atoms with van der Waals surface area (Å²) in [6.45, 7) is 8.58. The van der Waals surface area contributed by atoms with Crippen molar-refractivity contribution in [3.63, 3.8) is 0 Å². The Bertz CT molecular complexity index is 372. The quantitative estimate of drug-likeness (QED) is 0.850. The molecule has 2 heterocycles. The first-order valence-corrected chi connectivity index (χ1v) is 7.38. The van der Waals surface area contributed by atoms with E-state index in [1.165, 1.54) is 5.01 Å². The van der Waals surface area contributed by atoms with E-state index in [4.69, 9.17) is 4.74 Å². The number of nitrogens with one attached hydrogen (secondary N) is 1. The van der Waals surface area contributed by atoms with Gasteiger partial charge in [0.25, 0.3) is 0 Å². The van der Waals surface area contributed by atoms with Gasteiger partial charge in [0, 0.05) is 13.0 Å². The van der Waals surface area contributed by atoms with Gasteiger partial charge in [-0.25, -0.2) is 14.8 Å². The summed E-state index contributed by atoms with van der Waals surface area (Å²) in [4.78, 5) is 24.0. The van der Waals surface area contributed by atoms with Crippen LogP contribution in [0.2, 0.25) is 0 Å². The van der Waals surface area contributed by atoms with E-state index < -0.39 is 11.7 Å². The van der Waals surface area contributed by atoms with Crippen molar-refractivity contribution >= 4 is 12.0 Å². The number of amides is 2. The molecule has 0 aliphatic carbocycles. The third-order valence-corrected chi connectivity index (χ3v) is 3.63. The van der Waals surface area contributed by atoms with E-state index >= 15 is 0 Å². The summed E-state index contributed by atoms with van der Waals surface area (Å²) < 4.78 is 5.35. The highest BCUT2D eigenvalue weighted by Gasteiger charge is 2.35. The van der Waals surface area contributed by atoms with Gasteiger partial charge < -0.3 is 10.1 Å². The second-order valence-corrected chi connectivity index (χ2v) is 6.52. The second-order valence-electron chi connectivity index (χ2n) is 6.52. The molecular weight excluding hydrogens is 258 g/mol. The zero-order chi connectivity index (χ0) is 14.8. The van der Waals surface area contributed by atoms with Crippen molar-refractivity contribution in [1.82, 2.24) is 15.3 Å². The molecule has 1 atom stereocenters. The maximum atomic E-state index is 12.1. The summed E-state index contributed by atoms with van der Waals surface area (Å²) in [5.74, 6) is 0.616. The first kappa shape index (κ1) is 15.1. The molecule has 0 aromatic carbocycles. The van der Waals surface area contributed by atoms with Gasteiger partial charge in [-0.3, -0.25) is 4.79 Å². The summed E-state index contributed by atoms with van der Waals surface area (Å²) in [5.41, 5.74) is -0.538. The van der Waals surface area contributed by atoms with Gasteiger partial charge >= 0.3 is 6.09 Å². The Hall–Kier alpha value is -1.30. The largest absolute Gasteiger partial charge is 0.442 e. The van der Waals surface area contributed by atoms with Crippen LogP contribution >= 0.6 is 0 Å². The van der Waals surface area contributed by atoms with Gasteiger partial charge in [-0.05, 0) is 52.6 Å². The van der Waals surface area contributed by atoms with Crippen molar-refractivity contribution < 1.29 is 14.3 Å². The highest BCUT2D eigenvalue weighted by molar-refractivity contribution is 5.82. The molecule has 0 bridgehead atoms. The molecule has 2 aliphatic rings. The second kappa shape index (κ2) is 5.99. The number of hydrogen-bond donors (Lipinski definition) is 1. The van der Waals surface area contributed by atoms with Crippen LogP contribution in [-0.4, -0.2) is 53.8 Å². The lowest BCUT2D eigenvalue weighted by Crippen LogP contribution is -2.46. The molecule has 114 valence electrons. The van der Waals surface area contributed by atoms with Crippen LogP contribution in [-0.2, 0) is 9.53 Å².